The Morgan fingerprint density at radius 1 is 1.12 bits per heavy atom. The average molecular weight is 498 g/mol. The number of benzene rings is 2. The fourth-order valence-electron chi connectivity index (χ4n) is 3.33. The minimum absolute atomic E-state index is 0.0153. The standard InChI is InChI=1S/C23H29ClFN3O4S/c1-4-26-23(30)17(2)27(16-18-8-5-6-9-21(18)24)22(29)10-7-15-28(33(3,31)32)20-13-11-19(25)12-14-20/h5-6,8-9,11-14,17H,4,7,10,15-16H2,1-3H3,(H,26,30)/t17-/m0/s1. The van der Waals surface area contributed by atoms with E-state index in [1.54, 1.807) is 38.1 Å². The van der Waals surface area contributed by atoms with Gasteiger partial charge in [0, 0.05) is 31.1 Å². The van der Waals surface area contributed by atoms with Gasteiger partial charge in [-0.05, 0) is 56.2 Å². The third-order valence-electron chi connectivity index (χ3n) is 5.08. The summed E-state index contributed by atoms with van der Waals surface area (Å²) in [5.41, 5.74) is 1.02. The molecule has 0 saturated carbocycles. The van der Waals surface area contributed by atoms with Gasteiger partial charge in [-0.3, -0.25) is 13.9 Å². The van der Waals surface area contributed by atoms with Crippen LogP contribution >= 0.6 is 11.6 Å². The Balaban J connectivity index is 2.15. The number of hydrogen-bond donors (Lipinski definition) is 1. The Bertz CT molecular complexity index is 1060. The van der Waals surface area contributed by atoms with Gasteiger partial charge in [0.15, 0.2) is 0 Å². The Morgan fingerprint density at radius 2 is 1.76 bits per heavy atom. The van der Waals surface area contributed by atoms with Crippen LogP contribution in [0, 0.1) is 5.82 Å². The number of nitrogens with zero attached hydrogens (tertiary/aromatic N) is 2. The molecule has 10 heteroatoms. The van der Waals surface area contributed by atoms with E-state index in [-0.39, 0.29) is 37.7 Å². The van der Waals surface area contributed by atoms with Crippen molar-refractivity contribution in [2.75, 3.05) is 23.7 Å². The lowest BCUT2D eigenvalue weighted by Gasteiger charge is -2.29. The van der Waals surface area contributed by atoms with Crippen molar-refractivity contribution in [2.45, 2.75) is 39.3 Å². The zero-order valence-electron chi connectivity index (χ0n) is 18.9. The molecule has 2 aromatic rings. The number of likely N-dealkylation sites (N-methyl/N-ethyl adjacent to an activating group) is 1. The minimum atomic E-state index is -3.64. The van der Waals surface area contributed by atoms with Crippen LogP contribution in [0.3, 0.4) is 0 Å². The summed E-state index contributed by atoms with van der Waals surface area (Å²) in [5, 5.41) is 3.20. The molecular formula is C23H29ClFN3O4S. The van der Waals surface area contributed by atoms with E-state index in [2.05, 4.69) is 5.32 Å². The first kappa shape index (κ1) is 26.6. The quantitative estimate of drug-likeness (QED) is 0.514. The van der Waals surface area contributed by atoms with Crippen LogP contribution in [0.5, 0.6) is 0 Å². The Kier molecular flexibility index (Phi) is 9.67. The first-order valence-corrected chi connectivity index (χ1v) is 12.8. The fourth-order valence-corrected chi connectivity index (χ4v) is 4.49. The number of hydrogen-bond acceptors (Lipinski definition) is 4. The van der Waals surface area contributed by atoms with Crippen LogP contribution in [-0.4, -0.2) is 50.5 Å². The van der Waals surface area contributed by atoms with Crippen LogP contribution in [-0.2, 0) is 26.2 Å². The van der Waals surface area contributed by atoms with Crippen molar-refractivity contribution in [2.24, 2.45) is 0 Å². The number of rotatable bonds is 11. The zero-order valence-corrected chi connectivity index (χ0v) is 20.5. The zero-order chi connectivity index (χ0) is 24.6. The van der Waals surface area contributed by atoms with Crippen molar-refractivity contribution in [1.29, 1.82) is 0 Å². The van der Waals surface area contributed by atoms with Crippen LogP contribution in [0.4, 0.5) is 10.1 Å². The molecule has 0 aliphatic carbocycles. The predicted octanol–water partition coefficient (Wildman–Crippen LogP) is 3.58. The van der Waals surface area contributed by atoms with E-state index in [0.717, 1.165) is 10.6 Å². The molecule has 0 saturated heterocycles. The van der Waals surface area contributed by atoms with Gasteiger partial charge in [-0.25, -0.2) is 12.8 Å². The summed E-state index contributed by atoms with van der Waals surface area (Å²) in [7, 11) is -3.64. The van der Waals surface area contributed by atoms with Gasteiger partial charge >= 0.3 is 0 Å². The molecule has 0 heterocycles. The number of carbonyl (C=O) groups is 2. The maximum Gasteiger partial charge on any atom is 0.242 e. The number of anilines is 1. The van der Waals surface area contributed by atoms with Crippen molar-refractivity contribution >= 4 is 39.1 Å². The second-order valence-corrected chi connectivity index (χ2v) is 9.91. The lowest BCUT2D eigenvalue weighted by molar-refractivity contribution is -0.140. The van der Waals surface area contributed by atoms with Crippen molar-refractivity contribution in [3.8, 4) is 0 Å². The SMILES string of the molecule is CCNC(=O)[C@H](C)N(Cc1ccccc1Cl)C(=O)CCCN(c1ccc(F)cc1)S(C)(=O)=O. The largest absolute Gasteiger partial charge is 0.355 e. The molecule has 0 radical (unpaired) electrons. The third kappa shape index (κ3) is 7.71. The molecule has 2 rings (SSSR count). The number of amides is 2. The van der Waals surface area contributed by atoms with E-state index in [1.807, 2.05) is 0 Å². The summed E-state index contributed by atoms with van der Waals surface area (Å²) in [4.78, 5) is 27.0. The van der Waals surface area contributed by atoms with Gasteiger partial charge in [0.2, 0.25) is 21.8 Å². The molecule has 0 bridgehead atoms. The molecule has 0 fully saturated rings. The van der Waals surface area contributed by atoms with Gasteiger partial charge in [0.1, 0.15) is 11.9 Å². The summed E-state index contributed by atoms with van der Waals surface area (Å²) >= 11 is 6.25. The fraction of sp³-hybridized carbons (Fsp3) is 0.391. The molecule has 0 aromatic heterocycles. The van der Waals surface area contributed by atoms with Crippen molar-refractivity contribution in [3.05, 3.63) is 64.9 Å². The van der Waals surface area contributed by atoms with Gasteiger partial charge < -0.3 is 10.2 Å². The molecular weight excluding hydrogens is 469 g/mol. The predicted molar refractivity (Wildman–Crippen MR) is 128 cm³/mol. The highest BCUT2D eigenvalue weighted by Crippen LogP contribution is 2.21. The molecule has 0 aliphatic rings. The van der Waals surface area contributed by atoms with Crippen LogP contribution in [0.1, 0.15) is 32.3 Å². The van der Waals surface area contributed by atoms with E-state index < -0.39 is 21.9 Å². The molecule has 1 atom stereocenters. The van der Waals surface area contributed by atoms with Crippen molar-refractivity contribution in [1.82, 2.24) is 10.2 Å². The molecule has 0 unspecified atom stereocenters. The maximum atomic E-state index is 13.2. The lowest BCUT2D eigenvalue weighted by Crippen LogP contribution is -2.47. The molecule has 0 spiro atoms. The van der Waals surface area contributed by atoms with E-state index in [4.69, 9.17) is 11.6 Å². The Labute approximate surface area is 199 Å². The lowest BCUT2D eigenvalue weighted by atomic mass is 10.1. The summed E-state index contributed by atoms with van der Waals surface area (Å²) in [6.45, 7) is 4.04. The molecule has 33 heavy (non-hydrogen) atoms. The molecule has 0 aliphatic heterocycles. The number of carbonyl (C=O) groups excluding carboxylic acids is 2. The van der Waals surface area contributed by atoms with Crippen molar-refractivity contribution < 1.29 is 22.4 Å². The summed E-state index contributed by atoms with van der Waals surface area (Å²) in [6.07, 6.45) is 1.28. The highest BCUT2D eigenvalue weighted by atomic mass is 35.5. The van der Waals surface area contributed by atoms with Gasteiger partial charge in [0.25, 0.3) is 0 Å². The summed E-state index contributed by atoms with van der Waals surface area (Å²) in [6, 6.07) is 11.4. The van der Waals surface area contributed by atoms with Crippen LogP contribution in [0.15, 0.2) is 48.5 Å². The highest BCUT2D eigenvalue weighted by Gasteiger charge is 2.26. The van der Waals surface area contributed by atoms with E-state index >= 15 is 0 Å². The smallest absolute Gasteiger partial charge is 0.242 e. The van der Waals surface area contributed by atoms with Gasteiger partial charge in [-0.1, -0.05) is 29.8 Å². The average Bonchev–Trinajstić information content (AvgIpc) is 2.75. The first-order valence-electron chi connectivity index (χ1n) is 10.6. The summed E-state index contributed by atoms with van der Waals surface area (Å²) < 4.78 is 38.9. The molecule has 1 N–H and O–H groups in total. The van der Waals surface area contributed by atoms with Gasteiger partial charge in [-0.2, -0.15) is 0 Å². The number of halogens is 2. The molecule has 2 aromatic carbocycles. The van der Waals surface area contributed by atoms with Crippen LogP contribution in [0.2, 0.25) is 5.02 Å². The van der Waals surface area contributed by atoms with Crippen molar-refractivity contribution in [3.63, 3.8) is 0 Å². The normalized spacial score (nSPS) is 12.2. The topological polar surface area (TPSA) is 86.8 Å². The Morgan fingerprint density at radius 3 is 2.33 bits per heavy atom. The monoisotopic (exact) mass is 497 g/mol. The number of sulfonamides is 1. The number of nitrogens with one attached hydrogen (secondary N) is 1. The van der Waals surface area contributed by atoms with E-state index in [9.17, 15) is 22.4 Å². The van der Waals surface area contributed by atoms with Crippen LogP contribution < -0.4 is 9.62 Å². The maximum absolute atomic E-state index is 13.2. The molecule has 7 nitrogen and oxygen atoms in total. The molecule has 2 amide bonds. The van der Waals surface area contributed by atoms with Gasteiger partial charge in [0.05, 0.1) is 11.9 Å². The molecule has 180 valence electrons. The first-order chi connectivity index (χ1) is 15.5. The van der Waals surface area contributed by atoms with E-state index in [0.29, 0.717) is 22.8 Å². The van der Waals surface area contributed by atoms with Crippen LogP contribution in [0.25, 0.3) is 0 Å². The Hall–Kier alpha value is -2.65. The minimum Gasteiger partial charge on any atom is -0.355 e. The second kappa shape index (κ2) is 12.0. The highest BCUT2D eigenvalue weighted by molar-refractivity contribution is 7.92. The van der Waals surface area contributed by atoms with E-state index in [1.165, 1.54) is 29.2 Å². The van der Waals surface area contributed by atoms with Gasteiger partial charge in [-0.15, -0.1) is 0 Å². The third-order valence-corrected chi connectivity index (χ3v) is 6.65. The second-order valence-electron chi connectivity index (χ2n) is 7.60. The summed E-state index contributed by atoms with van der Waals surface area (Å²) in [5.74, 6) is -1.07.